The number of carbonyl (C=O) groups excluding carboxylic acids is 1. The predicted molar refractivity (Wildman–Crippen MR) is 93.9 cm³/mol. The molecule has 0 aliphatic rings. The lowest BCUT2D eigenvalue weighted by Gasteiger charge is -2.02. The van der Waals surface area contributed by atoms with Crippen molar-refractivity contribution in [3.8, 4) is 5.69 Å². The number of amides is 1. The molecular formula is C18H19N5O. The lowest BCUT2D eigenvalue weighted by molar-refractivity contribution is -0.111. The Bertz CT molecular complexity index is 890. The normalized spacial score (nSPS) is 11.1. The van der Waals surface area contributed by atoms with Crippen molar-refractivity contribution >= 4 is 17.7 Å². The average Bonchev–Trinajstić information content (AvgIpc) is 3.15. The number of para-hydroxylation sites is 1. The van der Waals surface area contributed by atoms with Crippen LogP contribution < -0.4 is 5.32 Å². The van der Waals surface area contributed by atoms with E-state index in [9.17, 15) is 4.79 Å². The van der Waals surface area contributed by atoms with E-state index < -0.39 is 0 Å². The Labute approximate surface area is 140 Å². The molecule has 0 saturated carbocycles. The smallest absolute Gasteiger partial charge is 0.248 e. The molecule has 0 atom stereocenters. The minimum atomic E-state index is -0.193. The van der Waals surface area contributed by atoms with E-state index in [-0.39, 0.29) is 5.91 Å². The highest BCUT2D eigenvalue weighted by molar-refractivity contribution is 6.02. The monoisotopic (exact) mass is 321 g/mol. The summed E-state index contributed by atoms with van der Waals surface area (Å²) in [6.45, 7) is 3.79. The second-order valence-electron chi connectivity index (χ2n) is 5.55. The zero-order valence-electron chi connectivity index (χ0n) is 13.9. The number of rotatable bonds is 4. The molecule has 0 aliphatic carbocycles. The van der Waals surface area contributed by atoms with Crippen LogP contribution in [0.3, 0.4) is 0 Å². The minimum absolute atomic E-state index is 0.193. The molecule has 1 amide bonds. The van der Waals surface area contributed by atoms with Crippen LogP contribution in [0.4, 0.5) is 5.69 Å². The molecule has 0 fully saturated rings. The van der Waals surface area contributed by atoms with Gasteiger partial charge in [-0.2, -0.15) is 10.2 Å². The molecule has 1 N–H and O–H groups in total. The maximum absolute atomic E-state index is 12.1. The molecule has 0 spiro atoms. The molecule has 3 rings (SSSR count). The van der Waals surface area contributed by atoms with Crippen molar-refractivity contribution in [3.63, 3.8) is 0 Å². The zero-order chi connectivity index (χ0) is 17.1. The summed E-state index contributed by atoms with van der Waals surface area (Å²) in [6, 6.07) is 9.82. The van der Waals surface area contributed by atoms with E-state index in [1.165, 1.54) is 6.08 Å². The van der Waals surface area contributed by atoms with Gasteiger partial charge in [0.1, 0.15) is 0 Å². The van der Waals surface area contributed by atoms with Gasteiger partial charge in [-0.1, -0.05) is 18.2 Å². The van der Waals surface area contributed by atoms with Crippen LogP contribution in [0.2, 0.25) is 0 Å². The summed E-state index contributed by atoms with van der Waals surface area (Å²) in [5.74, 6) is -0.193. The fourth-order valence-electron chi connectivity index (χ4n) is 2.44. The molecule has 1 aromatic carbocycles. The third kappa shape index (κ3) is 3.27. The van der Waals surface area contributed by atoms with Gasteiger partial charge in [0, 0.05) is 24.9 Å². The summed E-state index contributed by atoms with van der Waals surface area (Å²) in [7, 11) is 1.85. The number of hydrogen-bond acceptors (Lipinski definition) is 3. The molecular weight excluding hydrogens is 302 g/mol. The van der Waals surface area contributed by atoms with Gasteiger partial charge >= 0.3 is 0 Å². The molecule has 0 bridgehead atoms. The van der Waals surface area contributed by atoms with E-state index in [1.54, 1.807) is 21.6 Å². The topological polar surface area (TPSA) is 64.7 Å². The molecule has 0 aliphatic heterocycles. The maximum Gasteiger partial charge on any atom is 0.248 e. The van der Waals surface area contributed by atoms with Crippen molar-refractivity contribution < 1.29 is 4.79 Å². The lowest BCUT2D eigenvalue weighted by atomic mass is 10.3. The van der Waals surface area contributed by atoms with Crippen LogP contribution in [-0.4, -0.2) is 25.5 Å². The van der Waals surface area contributed by atoms with Crippen molar-refractivity contribution in [1.29, 1.82) is 0 Å². The van der Waals surface area contributed by atoms with Crippen LogP contribution in [0.25, 0.3) is 11.8 Å². The van der Waals surface area contributed by atoms with Crippen LogP contribution in [0.5, 0.6) is 0 Å². The highest BCUT2D eigenvalue weighted by Gasteiger charge is 2.10. The van der Waals surface area contributed by atoms with Crippen molar-refractivity contribution in [2.45, 2.75) is 13.8 Å². The standard InChI is InChI=1S/C18H19N5O/c1-13-18(14(2)22(3)21-13)20-17(24)10-9-15-11-19-23(12-15)16-7-5-4-6-8-16/h4-12H,1-3H3,(H,20,24). The van der Waals surface area contributed by atoms with E-state index in [0.717, 1.165) is 28.3 Å². The van der Waals surface area contributed by atoms with Gasteiger partial charge in [-0.25, -0.2) is 4.68 Å². The SMILES string of the molecule is Cc1nn(C)c(C)c1NC(=O)C=Cc1cnn(-c2ccccc2)c1. The van der Waals surface area contributed by atoms with Crippen LogP contribution in [-0.2, 0) is 11.8 Å². The number of aryl methyl sites for hydroxylation is 2. The van der Waals surface area contributed by atoms with Crippen LogP contribution in [0, 0.1) is 13.8 Å². The quantitative estimate of drug-likeness (QED) is 0.752. The van der Waals surface area contributed by atoms with Gasteiger partial charge in [0.05, 0.1) is 29.0 Å². The van der Waals surface area contributed by atoms with Gasteiger partial charge in [-0.15, -0.1) is 0 Å². The first-order chi connectivity index (χ1) is 11.5. The first-order valence-electron chi connectivity index (χ1n) is 7.64. The van der Waals surface area contributed by atoms with E-state index in [4.69, 9.17) is 0 Å². The van der Waals surface area contributed by atoms with Crippen molar-refractivity contribution in [2.24, 2.45) is 7.05 Å². The number of carbonyl (C=O) groups is 1. The average molecular weight is 321 g/mol. The largest absolute Gasteiger partial charge is 0.319 e. The van der Waals surface area contributed by atoms with E-state index in [0.29, 0.717) is 0 Å². The molecule has 6 nitrogen and oxygen atoms in total. The van der Waals surface area contributed by atoms with Crippen LogP contribution in [0.15, 0.2) is 48.8 Å². The summed E-state index contributed by atoms with van der Waals surface area (Å²) in [4.78, 5) is 12.1. The predicted octanol–water partition coefficient (Wildman–Crippen LogP) is 2.87. The van der Waals surface area contributed by atoms with Gasteiger partial charge < -0.3 is 5.32 Å². The second kappa shape index (κ2) is 6.54. The van der Waals surface area contributed by atoms with Gasteiger partial charge in [0.25, 0.3) is 0 Å². The summed E-state index contributed by atoms with van der Waals surface area (Å²) >= 11 is 0. The van der Waals surface area contributed by atoms with Crippen molar-refractivity contribution in [3.05, 3.63) is 65.8 Å². The third-order valence-corrected chi connectivity index (χ3v) is 3.81. The fraction of sp³-hybridized carbons (Fsp3) is 0.167. The molecule has 0 saturated heterocycles. The highest BCUT2D eigenvalue weighted by Crippen LogP contribution is 2.18. The van der Waals surface area contributed by atoms with Gasteiger partial charge in [-0.05, 0) is 32.1 Å². The molecule has 2 aromatic heterocycles. The molecule has 24 heavy (non-hydrogen) atoms. The van der Waals surface area contributed by atoms with Gasteiger partial charge in [0.15, 0.2) is 0 Å². The minimum Gasteiger partial charge on any atom is -0.319 e. The van der Waals surface area contributed by atoms with Gasteiger partial charge in [0.2, 0.25) is 5.91 Å². The fourth-order valence-corrected chi connectivity index (χ4v) is 2.44. The van der Waals surface area contributed by atoms with Crippen molar-refractivity contribution in [1.82, 2.24) is 19.6 Å². The zero-order valence-corrected chi connectivity index (χ0v) is 13.9. The number of anilines is 1. The van der Waals surface area contributed by atoms with Crippen LogP contribution in [0.1, 0.15) is 17.0 Å². The Hall–Kier alpha value is -3.15. The summed E-state index contributed by atoms with van der Waals surface area (Å²) in [5, 5.41) is 11.5. The Kier molecular flexibility index (Phi) is 4.29. The van der Waals surface area contributed by atoms with E-state index in [2.05, 4.69) is 15.5 Å². The molecule has 0 radical (unpaired) electrons. The summed E-state index contributed by atoms with van der Waals surface area (Å²) < 4.78 is 3.52. The highest BCUT2D eigenvalue weighted by atomic mass is 16.1. The number of hydrogen-bond donors (Lipinski definition) is 1. The Morgan fingerprint density at radius 3 is 2.62 bits per heavy atom. The van der Waals surface area contributed by atoms with Gasteiger partial charge in [-0.3, -0.25) is 9.48 Å². The number of benzene rings is 1. The second-order valence-corrected chi connectivity index (χ2v) is 5.55. The third-order valence-electron chi connectivity index (χ3n) is 3.81. The molecule has 3 aromatic rings. The van der Waals surface area contributed by atoms with E-state index in [1.807, 2.05) is 57.4 Å². The summed E-state index contributed by atoms with van der Waals surface area (Å²) in [6.07, 6.45) is 6.83. The van der Waals surface area contributed by atoms with Crippen molar-refractivity contribution in [2.75, 3.05) is 5.32 Å². The Morgan fingerprint density at radius 1 is 1.21 bits per heavy atom. The number of nitrogens with one attached hydrogen (secondary N) is 1. The van der Waals surface area contributed by atoms with E-state index >= 15 is 0 Å². The summed E-state index contributed by atoms with van der Waals surface area (Å²) in [5.41, 5.74) is 4.31. The first-order valence-corrected chi connectivity index (χ1v) is 7.64. The maximum atomic E-state index is 12.1. The molecule has 2 heterocycles. The molecule has 0 unspecified atom stereocenters. The Morgan fingerprint density at radius 2 is 1.96 bits per heavy atom. The first kappa shape index (κ1) is 15.7. The molecule has 6 heteroatoms. The van der Waals surface area contributed by atoms with Crippen LogP contribution >= 0.6 is 0 Å². The Balaban J connectivity index is 1.70. The number of aromatic nitrogens is 4. The molecule has 122 valence electrons. The lowest BCUT2D eigenvalue weighted by Crippen LogP contribution is -2.09. The number of nitrogens with zero attached hydrogens (tertiary/aromatic N) is 4.